The van der Waals surface area contributed by atoms with E-state index in [0.29, 0.717) is 24.2 Å². The monoisotopic (exact) mass is 448 g/mol. The number of rotatable bonds is 9. The highest BCUT2D eigenvalue weighted by Crippen LogP contribution is 2.27. The number of hydrogen-bond donors (Lipinski definition) is 1. The number of aliphatic hydroxyl groups excluding tert-OH is 1. The Morgan fingerprint density at radius 1 is 0.970 bits per heavy atom. The second kappa shape index (κ2) is 12.1. The van der Waals surface area contributed by atoms with Crippen molar-refractivity contribution in [2.75, 3.05) is 14.2 Å². The summed E-state index contributed by atoms with van der Waals surface area (Å²) in [5.74, 6) is 0.583. The molecule has 0 spiro atoms. The molecular formula is C26H32N4O3. The number of unbranched alkanes of at least 4 members (excludes halogenated alkanes) is 4. The van der Waals surface area contributed by atoms with E-state index < -0.39 is 0 Å². The van der Waals surface area contributed by atoms with Gasteiger partial charge in [0.05, 0.1) is 24.3 Å². The lowest BCUT2D eigenvalue weighted by Gasteiger charge is -2.12. The Kier molecular flexibility index (Phi) is 8.89. The van der Waals surface area contributed by atoms with Crippen molar-refractivity contribution in [3.8, 4) is 5.88 Å². The topological polar surface area (TPSA) is 90.1 Å². The first kappa shape index (κ1) is 24.3. The molecule has 33 heavy (non-hydrogen) atoms. The maximum Gasteiger partial charge on any atom is 0.261 e. The van der Waals surface area contributed by atoms with Crippen molar-refractivity contribution in [2.24, 2.45) is 0 Å². The van der Waals surface area contributed by atoms with Crippen LogP contribution in [0, 0.1) is 0 Å². The van der Waals surface area contributed by atoms with Crippen molar-refractivity contribution in [1.82, 2.24) is 19.5 Å². The van der Waals surface area contributed by atoms with Crippen LogP contribution in [0.2, 0.25) is 0 Å². The second-order valence-corrected chi connectivity index (χ2v) is 7.90. The fourth-order valence-corrected chi connectivity index (χ4v) is 4.01. The maximum atomic E-state index is 13.3. The van der Waals surface area contributed by atoms with E-state index in [0.717, 1.165) is 47.4 Å². The summed E-state index contributed by atoms with van der Waals surface area (Å²) in [6.45, 7) is 2.91. The van der Waals surface area contributed by atoms with E-state index >= 15 is 0 Å². The van der Waals surface area contributed by atoms with Gasteiger partial charge in [-0.25, -0.2) is 9.97 Å². The molecule has 0 aliphatic heterocycles. The van der Waals surface area contributed by atoms with Gasteiger partial charge in [0.15, 0.2) is 0 Å². The number of nitrogens with zero attached hydrogens (tertiary/aromatic N) is 4. The molecule has 4 rings (SSSR count). The first-order valence-electron chi connectivity index (χ1n) is 11.4. The van der Waals surface area contributed by atoms with Crippen LogP contribution in [0.25, 0.3) is 21.7 Å². The molecule has 0 saturated carbocycles. The minimum absolute atomic E-state index is 0.0216. The van der Waals surface area contributed by atoms with Crippen molar-refractivity contribution < 1.29 is 9.84 Å². The van der Waals surface area contributed by atoms with Crippen LogP contribution in [0.15, 0.2) is 54.0 Å². The van der Waals surface area contributed by atoms with Crippen LogP contribution in [0.4, 0.5) is 0 Å². The molecule has 0 radical (unpaired) electrons. The second-order valence-electron chi connectivity index (χ2n) is 7.90. The molecule has 3 aromatic heterocycles. The summed E-state index contributed by atoms with van der Waals surface area (Å²) in [6.07, 6.45) is 13.6. The third kappa shape index (κ3) is 5.73. The van der Waals surface area contributed by atoms with Crippen molar-refractivity contribution in [3.05, 3.63) is 70.7 Å². The number of hydrogen-bond acceptors (Lipinski definition) is 6. The van der Waals surface area contributed by atoms with Gasteiger partial charge in [0, 0.05) is 49.1 Å². The van der Waals surface area contributed by atoms with Gasteiger partial charge in [0.25, 0.3) is 5.56 Å². The number of aromatic nitrogens is 4. The summed E-state index contributed by atoms with van der Waals surface area (Å²) >= 11 is 0. The van der Waals surface area contributed by atoms with Crippen LogP contribution in [-0.2, 0) is 13.0 Å². The Hall–Kier alpha value is -3.32. The molecule has 4 aromatic rings. The summed E-state index contributed by atoms with van der Waals surface area (Å²) < 4.78 is 6.91. The fourth-order valence-electron chi connectivity index (χ4n) is 4.01. The zero-order valence-electron chi connectivity index (χ0n) is 19.6. The van der Waals surface area contributed by atoms with Gasteiger partial charge >= 0.3 is 0 Å². The first-order valence-corrected chi connectivity index (χ1v) is 11.4. The lowest BCUT2D eigenvalue weighted by atomic mass is 9.98. The first-order chi connectivity index (χ1) is 16.2. The van der Waals surface area contributed by atoms with E-state index in [4.69, 9.17) is 9.84 Å². The van der Waals surface area contributed by atoms with Gasteiger partial charge in [-0.05, 0) is 36.1 Å². The SMILES string of the molecule is CCCCCCCn1cnc2c(cc(Cc3ccc(OC)nc3)c3cnccc32)c1=O.CO. The zero-order valence-corrected chi connectivity index (χ0v) is 19.6. The average Bonchev–Trinajstić information content (AvgIpc) is 2.87. The summed E-state index contributed by atoms with van der Waals surface area (Å²) in [6, 6.07) is 7.77. The predicted octanol–water partition coefficient (Wildman–Crippen LogP) is 4.52. The van der Waals surface area contributed by atoms with E-state index in [1.54, 1.807) is 24.2 Å². The number of aryl methyl sites for hydroxylation is 1. The minimum atomic E-state index is 0.0216. The Bertz CT molecular complexity index is 1240. The molecule has 0 aliphatic rings. The molecule has 0 fully saturated rings. The van der Waals surface area contributed by atoms with Crippen LogP contribution in [0.3, 0.4) is 0 Å². The smallest absolute Gasteiger partial charge is 0.261 e. The molecule has 1 N–H and O–H groups in total. The van der Waals surface area contributed by atoms with Gasteiger partial charge in [0.1, 0.15) is 0 Å². The van der Waals surface area contributed by atoms with Crippen LogP contribution in [0.1, 0.15) is 50.2 Å². The quantitative estimate of drug-likeness (QED) is 0.299. The van der Waals surface area contributed by atoms with E-state index in [2.05, 4.69) is 21.9 Å². The average molecular weight is 449 g/mol. The number of aliphatic hydroxyl groups is 1. The van der Waals surface area contributed by atoms with Crippen molar-refractivity contribution in [3.63, 3.8) is 0 Å². The molecular weight excluding hydrogens is 416 g/mol. The molecule has 3 heterocycles. The molecule has 0 unspecified atom stereocenters. The maximum absolute atomic E-state index is 13.3. The van der Waals surface area contributed by atoms with Gasteiger partial charge in [-0.1, -0.05) is 38.7 Å². The zero-order chi connectivity index (χ0) is 23.6. The lowest BCUT2D eigenvalue weighted by Crippen LogP contribution is -2.21. The van der Waals surface area contributed by atoms with E-state index in [1.165, 1.54) is 19.3 Å². The molecule has 174 valence electrons. The molecule has 0 amide bonds. The van der Waals surface area contributed by atoms with Crippen molar-refractivity contribution in [1.29, 1.82) is 0 Å². The Morgan fingerprint density at radius 2 is 1.79 bits per heavy atom. The van der Waals surface area contributed by atoms with E-state index in [9.17, 15) is 4.79 Å². The number of benzene rings is 1. The summed E-state index contributed by atoms with van der Waals surface area (Å²) in [7, 11) is 2.60. The molecule has 0 aliphatic carbocycles. The normalized spacial score (nSPS) is 10.8. The van der Waals surface area contributed by atoms with Gasteiger partial charge in [-0.2, -0.15) is 0 Å². The largest absolute Gasteiger partial charge is 0.481 e. The van der Waals surface area contributed by atoms with Gasteiger partial charge in [-0.3, -0.25) is 14.3 Å². The fraction of sp³-hybridized carbons (Fsp3) is 0.385. The molecule has 0 bridgehead atoms. The molecule has 0 atom stereocenters. The Morgan fingerprint density at radius 3 is 2.52 bits per heavy atom. The van der Waals surface area contributed by atoms with Crippen molar-refractivity contribution >= 4 is 21.7 Å². The van der Waals surface area contributed by atoms with Crippen LogP contribution in [0.5, 0.6) is 5.88 Å². The Labute approximate surface area is 194 Å². The van der Waals surface area contributed by atoms with Gasteiger partial charge < -0.3 is 9.84 Å². The third-order valence-electron chi connectivity index (χ3n) is 5.72. The number of fused-ring (bicyclic) bond motifs is 3. The summed E-state index contributed by atoms with van der Waals surface area (Å²) in [4.78, 5) is 26.5. The number of methoxy groups -OCH3 is 1. The Balaban J connectivity index is 0.00000149. The number of ether oxygens (including phenoxy) is 1. The van der Waals surface area contributed by atoms with Crippen molar-refractivity contribution in [2.45, 2.75) is 52.0 Å². The highest BCUT2D eigenvalue weighted by molar-refractivity contribution is 6.06. The molecule has 0 saturated heterocycles. The van der Waals surface area contributed by atoms with Gasteiger partial charge in [-0.15, -0.1) is 0 Å². The highest BCUT2D eigenvalue weighted by Gasteiger charge is 2.13. The predicted molar refractivity (Wildman–Crippen MR) is 132 cm³/mol. The number of pyridine rings is 2. The standard InChI is InChI=1S/C25H28N4O2.CH4O/c1-3-4-5-6-7-12-29-17-28-24-20-10-11-26-16-22(20)19(14-21(24)25(29)30)13-18-8-9-23(31-2)27-15-18;1-2/h8-11,14-17H,3-7,12-13H2,1-2H3;2H,1H3. The highest BCUT2D eigenvalue weighted by atomic mass is 16.5. The summed E-state index contributed by atoms with van der Waals surface area (Å²) in [5, 5.41) is 9.62. The van der Waals surface area contributed by atoms with E-state index in [-0.39, 0.29) is 5.56 Å². The minimum Gasteiger partial charge on any atom is -0.481 e. The molecule has 7 nitrogen and oxygen atoms in total. The van der Waals surface area contributed by atoms with Crippen LogP contribution >= 0.6 is 0 Å². The molecule has 1 aromatic carbocycles. The summed E-state index contributed by atoms with van der Waals surface area (Å²) in [5.41, 5.74) is 2.85. The van der Waals surface area contributed by atoms with Crippen LogP contribution in [-0.4, -0.2) is 38.8 Å². The van der Waals surface area contributed by atoms with E-state index in [1.807, 2.05) is 36.7 Å². The lowest BCUT2D eigenvalue weighted by molar-refractivity contribution is 0.397. The van der Waals surface area contributed by atoms with Crippen LogP contribution < -0.4 is 10.3 Å². The third-order valence-corrected chi connectivity index (χ3v) is 5.72. The van der Waals surface area contributed by atoms with Gasteiger partial charge in [0.2, 0.25) is 5.88 Å². The molecule has 7 heteroatoms.